The molecule has 1 fully saturated rings. The van der Waals surface area contributed by atoms with E-state index in [4.69, 9.17) is 9.15 Å². The highest BCUT2D eigenvalue weighted by molar-refractivity contribution is 7.10. The Morgan fingerprint density at radius 1 is 1.28 bits per heavy atom. The highest BCUT2D eigenvalue weighted by atomic mass is 32.1. The quantitative estimate of drug-likeness (QED) is 0.387. The number of methoxy groups -OCH3 is 1. The van der Waals surface area contributed by atoms with Crippen molar-refractivity contribution < 1.29 is 28.2 Å². The Kier molecular flexibility index (Phi) is 4.94. The molecule has 8 heteroatoms. The number of nitrogens with zero attached hydrogens (tertiary/aromatic N) is 1. The lowest BCUT2D eigenvalue weighted by Crippen LogP contribution is -2.28. The molecule has 1 saturated heterocycles. The summed E-state index contributed by atoms with van der Waals surface area (Å²) in [6.45, 7) is 0.0634. The smallest absolute Gasteiger partial charge is 0.296 e. The average Bonchev–Trinajstić information content (AvgIpc) is 3.46. The third kappa shape index (κ3) is 3.31. The fourth-order valence-corrected chi connectivity index (χ4v) is 4.17. The summed E-state index contributed by atoms with van der Waals surface area (Å²) in [5, 5.41) is 12.7. The number of rotatable bonds is 5. The van der Waals surface area contributed by atoms with Gasteiger partial charge in [0.05, 0.1) is 25.5 Å². The zero-order valence-electron chi connectivity index (χ0n) is 15.3. The maximum Gasteiger partial charge on any atom is 0.296 e. The molecular weight excluding hydrogens is 397 g/mol. The Hall–Kier alpha value is -3.39. The molecule has 3 heterocycles. The van der Waals surface area contributed by atoms with Crippen LogP contribution in [0.2, 0.25) is 0 Å². The first-order valence-electron chi connectivity index (χ1n) is 8.69. The molecule has 1 aliphatic rings. The topological polar surface area (TPSA) is 80.0 Å². The fourth-order valence-electron chi connectivity index (χ4n) is 3.33. The molecule has 1 N–H and O–H groups in total. The number of aliphatic hydroxyl groups excluding tert-OH is 1. The Labute approximate surface area is 169 Å². The standard InChI is InChI=1S/C21H16FNO5S/c1-27-15-7-6-12(10-14(15)22)19(24)17-18(16-5-3-9-29-16)23(21(26)20(17)25)11-13-4-2-8-28-13/h2-10,18,24H,11H2,1H3/b19-17-. The average molecular weight is 413 g/mol. The number of furan rings is 1. The first-order chi connectivity index (χ1) is 14.0. The number of halogens is 1. The number of carbonyl (C=O) groups excluding carboxylic acids is 2. The van der Waals surface area contributed by atoms with Crippen LogP contribution in [0, 0.1) is 5.82 Å². The summed E-state index contributed by atoms with van der Waals surface area (Å²) < 4.78 is 24.4. The Morgan fingerprint density at radius 3 is 2.72 bits per heavy atom. The van der Waals surface area contributed by atoms with Gasteiger partial charge in [-0.1, -0.05) is 6.07 Å². The molecule has 148 valence electrons. The first-order valence-corrected chi connectivity index (χ1v) is 9.57. The van der Waals surface area contributed by atoms with Crippen molar-refractivity contribution in [3.8, 4) is 5.75 Å². The fraction of sp³-hybridized carbons (Fsp3) is 0.143. The summed E-state index contributed by atoms with van der Waals surface area (Å²) in [5.74, 6) is -2.20. The minimum Gasteiger partial charge on any atom is -0.507 e. The van der Waals surface area contributed by atoms with E-state index in [1.54, 1.807) is 24.3 Å². The molecule has 0 saturated carbocycles. The number of carbonyl (C=O) groups is 2. The molecule has 1 aliphatic heterocycles. The summed E-state index contributed by atoms with van der Waals surface area (Å²) in [6, 6.07) is 10.0. The molecular formula is C21H16FNO5S. The van der Waals surface area contributed by atoms with Gasteiger partial charge < -0.3 is 19.2 Å². The molecule has 6 nitrogen and oxygen atoms in total. The van der Waals surface area contributed by atoms with E-state index in [1.807, 2.05) is 5.38 Å². The van der Waals surface area contributed by atoms with E-state index in [0.717, 1.165) is 6.07 Å². The normalized spacial score (nSPS) is 18.4. The Morgan fingerprint density at radius 2 is 2.10 bits per heavy atom. The van der Waals surface area contributed by atoms with Gasteiger partial charge >= 0.3 is 0 Å². The maximum atomic E-state index is 14.1. The van der Waals surface area contributed by atoms with Gasteiger partial charge in [-0.25, -0.2) is 4.39 Å². The van der Waals surface area contributed by atoms with Gasteiger partial charge in [-0.2, -0.15) is 0 Å². The Balaban J connectivity index is 1.83. The van der Waals surface area contributed by atoms with E-state index in [1.165, 1.54) is 41.7 Å². The highest BCUT2D eigenvalue weighted by Crippen LogP contribution is 2.42. The van der Waals surface area contributed by atoms with Crippen LogP contribution in [0.1, 0.15) is 22.2 Å². The monoisotopic (exact) mass is 413 g/mol. The molecule has 0 spiro atoms. The molecule has 0 radical (unpaired) electrons. The van der Waals surface area contributed by atoms with E-state index < -0.39 is 29.3 Å². The van der Waals surface area contributed by atoms with Crippen LogP contribution in [0.15, 0.2) is 64.1 Å². The van der Waals surface area contributed by atoms with Gasteiger partial charge in [-0.3, -0.25) is 9.59 Å². The molecule has 0 bridgehead atoms. The summed E-state index contributed by atoms with van der Waals surface area (Å²) >= 11 is 1.35. The Bertz CT molecular complexity index is 1090. The third-order valence-electron chi connectivity index (χ3n) is 4.68. The number of hydrogen-bond donors (Lipinski definition) is 1. The minimum atomic E-state index is -0.830. The van der Waals surface area contributed by atoms with Crippen molar-refractivity contribution in [3.63, 3.8) is 0 Å². The lowest BCUT2D eigenvalue weighted by atomic mass is 9.99. The van der Waals surface area contributed by atoms with Gasteiger partial charge in [-0.15, -0.1) is 11.3 Å². The van der Waals surface area contributed by atoms with Crippen molar-refractivity contribution in [2.24, 2.45) is 0 Å². The van der Waals surface area contributed by atoms with Crippen LogP contribution in [-0.2, 0) is 16.1 Å². The molecule has 1 atom stereocenters. The van der Waals surface area contributed by atoms with Crippen LogP contribution >= 0.6 is 11.3 Å². The van der Waals surface area contributed by atoms with Crippen LogP contribution in [-0.4, -0.2) is 28.8 Å². The van der Waals surface area contributed by atoms with Crippen molar-refractivity contribution >= 4 is 28.8 Å². The summed E-state index contributed by atoms with van der Waals surface area (Å²) in [6.07, 6.45) is 1.48. The number of aliphatic hydroxyl groups is 1. The minimum absolute atomic E-state index is 0.00891. The number of amides is 1. The number of likely N-dealkylation sites (tertiary alicyclic amines) is 1. The molecule has 3 aromatic rings. The molecule has 1 amide bonds. The van der Waals surface area contributed by atoms with E-state index in [9.17, 15) is 19.1 Å². The lowest BCUT2D eigenvalue weighted by Gasteiger charge is -2.23. The van der Waals surface area contributed by atoms with Gasteiger partial charge in [0.15, 0.2) is 11.6 Å². The van der Waals surface area contributed by atoms with E-state index in [-0.39, 0.29) is 23.4 Å². The first kappa shape index (κ1) is 18.9. The molecule has 29 heavy (non-hydrogen) atoms. The number of Topliss-reactive ketones (excluding diaryl/α,β-unsaturated/α-hetero) is 1. The van der Waals surface area contributed by atoms with Crippen LogP contribution in [0.25, 0.3) is 5.76 Å². The maximum absolute atomic E-state index is 14.1. The van der Waals surface area contributed by atoms with Gasteiger partial charge in [0.2, 0.25) is 0 Å². The van der Waals surface area contributed by atoms with Crippen molar-refractivity contribution in [2.75, 3.05) is 7.11 Å². The molecule has 1 aromatic carbocycles. The SMILES string of the molecule is COc1ccc(/C(O)=C2/C(=O)C(=O)N(Cc3ccco3)C2c2cccs2)cc1F. The number of ketones is 1. The van der Waals surface area contributed by atoms with Gasteiger partial charge in [0, 0.05) is 10.4 Å². The van der Waals surface area contributed by atoms with Crippen molar-refractivity contribution in [1.82, 2.24) is 4.90 Å². The number of ether oxygens (including phenoxy) is 1. The molecule has 4 rings (SSSR count). The van der Waals surface area contributed by atoms with E-state index >= 15 is 0 Å². The van der Waals surface area contributed by atoms with Gasteiger partial charge in [-0.05, 0) is 41.8 Å². The largest absolute Gasteiger partial charge is 0.507 e. The van der Waals surface area contributed by atoms with Crippen LogP contribution in [0.4, 0.5) is 4.39 Å². The predicted molar refractivity (Wildman–Crippen MR) is 104 cm³/mol. The summed E-state index contributed by atoms with van der Waals surface area (Å²) in [5.41, 5.74) is -0.00516. The van der Waals surface area contributed by atoms with Gasteiger partial charge in [0.1, 0.15) is 17.6 Å². The van der Waals surface area contributed by atoms with E-state index in [2.05, 4.69) is 0 Å². The van der Waals surface area contributed by atoms with Gasteiger partial charge in [0.25, 0.3) is 11.7 Å². The number of hydrogen-bond acceptors (Lipinski definition) is 6. The van der Waals surface area contributed by atoms with E-state index in [0.29, 0.717) is 10.6 Å². The zero-order valence-corrected chi connectivity index (χ0v) is 16.1. The number of benzene rings is 1. The van der Waals surface area contributed by atoms with Crippen molar-refractivity contribution in [1.29, 1.82) is 0 Å². The van der Waals surface area contributed by atoms with Crippen molar-refractivity contribution in [2.45, 2.75) is 12.6 Å². The number of thiophene rings is 1. The third-order valence-corrected chi connectivity index (χ3v) is 5.61. The summed E-state index contributed by atoms with van der Waals surface area (Å²) in [7, 11) is 1.33. The molecule has 0 aliphatic carbocycles. The summed E-state index contributed by atoms with van der Waals surface area (Å²) in [4.78, 5) is 27.6. The molecule has 2 aromatic heterocycles. The highest BCUT2D eigenvalue weighted by Gasteiger charge is 2.46. The molecule has 1 unspecified atom stereocenters. The second kappa shape index (κ2) is 7.56. The lowest BCUT2D eigenvalue weighted by molar-refractivity contribution is -0.140. The second-order valence-electron chi connectivity index (χ2n) is 6.37. The van der Waals surface area contributed by atoms with Crippen LogP contribution < -0.4 is 4.74 Å². The zero-order chi connectivity index (χ0) is 20.5. The van der Waals surface area contributed by atoms with Crippen molar-refractivity contribution in [3.05, 3.63) is 81.7 Å². The van der Waals surface area contributed by atoms with Crippen LogP contribution in [0.5, 0.6) is 5.75 Å². The second-order valence-corrected chi connectivity index (χ2v) is 7.35. The van der Waals surface area contributed by atoms with Crippen LogP contribution in [0.3, 0.4) is 0 Å². The predicted octanol–water partition coefficient (Wildman–Crippen LogP) is 4.11.